The van der Waals surface area contributed by atoms with Crippen LogP contribution in [-0.2, 0) is 35.1 Å². The van der Waals surface area contributed by atoms with Crippen molar-refractivity contribution in [3.63, 3.8) is 0 Å². The van der Waals surface area contributed by atoms with Crippen molar-refractivity contribution in [2.45, 2.75) is 85.4 Å². The lowest BCUT2D eigenvalue weighted by Gasteiger charge is -2.33. The molecule has 3 aromatic heterocycles. The van der Waals surface area contributed by atoms with Gasteiger partial charge in [0, 0.05) is 56.1 Å². The third kappa shape index (κ3) is 14.0. The average molecular weight is 1050 g/mol. The van der Waals surface area contributed by atoms with E-state index in [0.717, 1.165) is 54.2 Å². The van der Waals surface area contributed by atoms with Crippen molar-refractivity contribution in [1.29, 1.82) is 0 Å². The van der Waals surface area contributed by atoms with Crippen LogP contribution in [0.25, 0.3) is 32.7 Å². The Labute approximate surface area is 441 Å². The van der Waals surface area contributed by atoms with E-state index in [2.05, 4.69) is 37.4 Å². The molecule has 3 aromatic carbocycles. The first-order chi connectivity index (χ1) is 36.1. The highest BCUT2D eigenvalue weighted by Crippen LogP contribution is 2.41. The number of ether oxygens (including phenoxy) is 4. The number of anilines is 1. The lowest BCUT2D eigenvalue weighted by atomic mass is 9.77. The monoisotopic (exact) mass is 1040 g/mol. The van der Waals surface area contributed by atoms with Crippen LogP contribution in [0.1, 0.15) is 77.1 Å². The molecule has 19 nitrogen and oxygen atoms in total. The molecule has 4 N–H and O–H groups in total. The summed E-state index contributed by atoms with van der Waals surface area (Å²) in [6.07, 6.45) is 4.31. The van der Waals surface area contributed by atoms with Gasteiger partial charge in [0.2, 0.25) is 17.6 Å². The van der Waals surface area contributed by atoms with Crippen LogP contribution in [0.3, 0.4) is 0 Å². The molecule has 75 heavy (non-hydrogen) atoms. The molecule has 1 saturated carbocycles. The molecule has 2 aliphatic rings. The molecule has 1 aliphatic carbocycles. The van der Waals surface area contributed by atoms with E-state index in [4.69, 9.17) is 29.8 Å². The molecule has 4 atom stereocenters. The largest absolute Gasteiger partial charge is 0.450 e. The number of thiazole rings is 1. The number of nitro benzene ring substituents is 1. The van der Waals surface area contributed by atoms with Gasteiger partial charge < -0.3 is 40.2 Å². The number of aryl methyl sites for hydroxylation is 1. The van der Waals surface area contributed by atoms with Crippen molar-refractivity contribution in [2.75, 3.05) is 65.0 Å². The maximum Gasteiger partial charge on any atom is 0.312 e. The second-order valence-corrected chi connectivity index (χ2v) is 21.4. The van der Waals surface area contributed by atoms with E-state index in [1.807, 2.05) is 68.2 Å². The molecule has 0 radical (unpaired) electrons. The molecule has 2 fully saturated rings. The van der Waals surface area contributed by atoms with Gasteiger partial charge in [0.1, 0.15) is 23.6 Å². The number of piperidine rings is 1. The lowest BCUT2D eigenvalue weighted by Crippen LogP contribution is -2.52. The summed E-state index contributed by atoms with van der Waals surface area (Å²) in [7, 11) is 0. The van der Waals surface area contributed by atoms with E-state index in [1.165, 1.54) is 12.4 Å². The molecule has 0 spiro atoms. The van der Waals surface area contributed by atoms with Crippen LogP contribution < -0.4 is 21.1 Å². The van der Waals surface area contributed by atoms with Crippen LogP contribution >= 0.6 is 11.3 Å². The molecule has 1 aliphatic heterocycles. The lowest BCUT2D eigenvalue weighted by molar-refractivity contribution is -0.385. The van der Waals surface area contributed by atoms with Crippen LogP contribution in [0.15, 0.2) is 84.6 Å². The quantitative estimate of drug-likeness (QED) is 0.0293. The summed E-state index contributed by atoms with van der Waals surface area (Å²) in [4.78, 5) is 69.2. The first-order valence-corrected chi connectivity index (χ1v) is 26.6. The first kappa shape index (κ1) is 54.5. The smallest absolute Gasteiger partial charge is 0.312 e. The Balaban J connectivity index is 0.709. The number of rotatable bonds is 24. The number of carbonyl (C=O) groups excluding carboxylic acids is 3. The standard InChI is InChI=1S/C55H68N10O9S/c1-35-29-42(43(30-35)54(68)57-32-37-11-13-38(14-12-37)50-36(2)60-34-75-50)49(67)51(55(3,4)5)61-46(66)19-23-71-25-27-73-28-26-72-24-22-63-20-17-40(18-21-63)64-53-47(52(56)58-33-59-53)48(62-64)39-15-16-45(44(31-39)65(69)70)74-41-9-7-6-8-10-41/h6-16,31,33-35,40,42-43,51H,17-30,32H2,1-5H3,(H,57,68)(H,61,66)(H2,56,58,59)/t35-,42?,43?,51+/m0/s1. The van der Waals surface area contributed by atoms with Gasteiger partial charge in [0.05, 0.1) is 78.1 Å². The zero-order valence-electron chi connectivity index (χ0n) is 43.4. The van der Waals surface area contributed by atoms with E-state index >= 15 is 0 Å². The number of hydrogen-bond donors (Lipinski definition) is 3. The second kappa shape index (κ2) is 25.2. The van der Waals surface area contributed by atoms with Gasteiger partial charge in [-0.25, -0.2) is 19.6 Å². The summed E-state index contributed by atoms with van der Waals surface area (Å²) in [5.41, 5.74) is 12.0. The SMILES string of the molecule is Cc1ncsc1-c1ccc(CNC(=O)C2C[C@@H](C)CC2C(=O)[C@@H](NC(=O)CCOCCOCCOCCN2CCC(n3nc(-c4ccc(Oc5ccccc5)c([N+](=O)[O-])c4)c4c(N)ncnc43)CC2)C(C)(C)C)cc1. The number of ketones is 1. The molecular weight excluding hydrogens is 977 g/mol. The van der Waals surface area contributed by atoms with Gasteiger partial charge in [-0.2, -0.15) is 5.10 Å². The van der Waals surface area contributed by atoms with Gasteiger partial charge in [-0.05, 0) is 79.3 Å². The summed E-state index contributed by atoms with van der Waals surface area (Å²) in [6.45, 7) is 14.8. The number of fused-ring (bicyclic) bond motifs is 1. The van der Waals surface area contributed by atoms with Gasteiger partial charge >= 0.3 is 5.69 Å². The number of nitrogens with two attached hydrogens (primary N) is 1. The first-order valence-electron chi connectivity index (χ1n) is 25.7. The minimum atomic E-state index is -0.755. The van der Waals surface area contributed by atoms with Crippen LogP contribution in [0.4, 0.5) is 11.5 Å². The summed E-state index contributed by atoms with van der Waals surface area (Å²) in [6, 6.07) is 21.0. The fraction of sp³-hybridized carbons (Fsp3) is 0.473. The van der Waals surface area contributed by atoms with Gasteiger partial charge in [0.15, 0.2) is 11.4 Å². The molecule has 20 heteroatoms. The number of Topliss-reactive ketones (excluding diaryl/α,β-unsaturated/α-hetero) is 1. The molecule has 6 aromatic rings. The molecule has 2 unspecified atom stereocenters. The molecule has 4 heterocycles. The van der Waals surface area contributed by atoms with E-state index in [-0.39, 0.29) is 59.8 Å². The van der Waals surface area contributed by atoms with E-state index < -0.39 is 28.2 Å². The van der Waals surface area contributed by atoms with Crippen LogP contribution in [0.5, 0.6) is 11.5 Å². The fourth-order valence-corrected chi connectivity index (χ4v) is 10.8. The maximum atomic E-state index is 14.2. The molecular formula is C55H68N10O9S. The number of benzene rings is 3. The maximum absolute atomic E-state index is 14.2. The van der Waals surface area contributed by atoms with Gasteiger partial charge in [0.25, 0.3) is 0 Å². The Morgan fingerprint density at radius 1 is 0.880 bits per heavy atom. The van der Waals surface area contributed by atoms with Crippen LogP contribution in [0, 0.1) is 40.2 Å². The minimum absolute atomic E-state index is 0.0269. The fourth-order valence-electron chi connectivity index (χ4n) is 9.98. The Hall–Kier alpha value is -6.71. The zero-order valence-corrected chi connectivity index (χ0v) is 44.2. The van der Waals surface area contributed by atoms with Gasteiger partial charge in [-0.15, -0.1) is 11.3 Å². The molecule has 1 saturated heterocycles. The predicted octanol–water partition coefficient (Wildman–Crippen LogP) is 8.36. The molecule has 0 bridgehead atoms. The topological polar surface area (TPSA) is 241 Å². The van der Waals surface area contributed by atoms with Crippen molar-refractivity contribution < 1.29 is 38.3 Å². The Bertz CT molecular complexity index is 2900. The highest BCUT2D eigenvalue weighted by atomic mass is 32.1. The number of nitrogen functional groups attached to an aromatic ring is 1. The number of nitrogens with zero attached hydrogens (tertiary/aromatic N) is 7. The number of likely N-dealkylation sites (tertiary alicyclic amines) is 1. The number of hydrogen-bond acceptors (Lipinski definition) is 16. The summed E-state index contributed by atoms with van der Waals surface area (Å²) >= 11 is 1.60. The number of para-hydroxylation sites is 1. The van der Waals surface area contributed by atoms with E-state index in [0.29, 0.717) is 80.5 Å². The third-order valence-electron chi connectivity index (χ3n) is 14.0. The van der Waals surface area contributed by atoms with Crippen LogP contribution in [0.2, 0.25) is 0 Å². The highest BCUT2D eigenvalue weighted by Gasteiger charge is 2.46. The van der Waals surface area contributed by atoms with Crippen molar-refractivity contribution in [3.05, 3.63) is 106 Å². The zero-order chi connectivity index (χ0) is 53.1. The summed E-state index contributed by atoms with van der Waals surface area (Å²) in [5.74, 6) is -0.436. The van der Waals surface area contributed by atoms with Crippen molar-refractivity contribution in [3.8, 4) is 33.2 Å². The second-order valence-electron chi connectivity index (χ2n) is 20.5. The third-order valence-corrected chi connectivity index (χ3v) is 15.0. The Morgan fingerprint density at radius 2 is 1.56 bits per heavy atom. The Morgan fingerprint density at radius 3 is 2.24 bits per heavy atom. The summed E-state index contributed by atoms with van der Waals surface area (Å²) in [5, 5.41) is 23.7. The summed E-state index contributed by atoms with van der Waals surface area (Å²) < 4.78 is 25.0. The highest BCUT2D eigenvalue weighted by molar-refractivity contribution is 7.13. The van der Waals surface area contributed by atoms with Crippen LogP contribution in [-0.4, -0.2) is 117 Å². The van der Waals surface area contributed by atoms with Gasteiger partial charge in [-0.1, -0.05) is 70.2 Å². The molecule has 2 amide bonds. The average Bonchev–Trinajstić information content (AvgIpc) is 4.14. The van der Waals surface area contributed by atoms with Crippen molar-refractivity contribution in [2.24, 2.45) is 23.2 Å². The van der Waals surface area contributed by atoms with E-state index in [1.54, 1.807) is 47.7 Å². The number of nitrogens with one attached hydrogen (secondary N) is 2. The van der Waals surface area contributed by atoms with Crippen molar-refractivity contribution >= 4 is 51.5 Å². The van der Waals surface area contributed by atoms with Crippen molar-refractivity contribution in [1.82, 2.24) is 40.3 Å². The minimum Gasteiger partial charge on any atom is -0.450 e. The molecule has 8 rings (SSSR count). The number of nitro groups is 1. The predicted molar refractivity (Wildman–Crippen MR) is 286 cm³/mol. The number of carbonyl (C=O) groups is 3. The number of aromatic nitrogens is 5. The molecule has 398 valence electrons. The number of amides is 2. The van der Waals surface area contributed by atoms with E-state index in [9.17, 15) is 24.5 Å². The normalized spacial score (nSPS) is 17.7. The Kier molecular flexibility index (Phi) is 18.3. The van der Waals surface area contributed by atoms with Gasteiger partial charge in [-0.3, -0.25) is 24.5 Å².